The first-order valence-corrected chi connectivity index (χ1v) is 11.6. The number of thiazole rings is 2. The highest BCUT2D eigenvalue weighted by atomic mass is 32.1. The van der Waals surface area contributed by atoms with E-state index in [1.165, 1.54) is 0 Å². The van der Waals surface area contributed by atoms with Crippen molar-refractivity contribution in [3.8, 4) is 39.3 Å². The number of aromatic nitrogens is 2. The monoisotopic (exact) mass is 494 g/mol. The molecule has 0 atom stereocenters. The SMILES string of the molecule is [C-]#[N+]/C(C#N)=c1\cc(-c2ncc(F)s2)/c(=c2\sc(=C(C#N)C#N)cc2-c2ncc(F)s2)s1. The fraction of sp³-hybridized carbons (Fsp3) is 0. The summed E-state index contributed by atoms with van der Waals surface area (Å²) in [6, 6.07) is 8.68. The van der Waals surface area contributed by atoms with Gasteiger partial charge in [-0.3, -0.25) is 0 Å². The second-order valence-electron chi connectivity index (χ2n) is 5.82. The quantitative estimate of drug-likeness (QED) is 0.385. The molecule has 0 saturated heterocycles. The number of nitrogens with zero attached hydrogens (tertiary/aromatic N) is 6. The minimum Gasteiger partial charge on any atom is -0.241 e. The molecule has 0 aliphatic rings. The van der Waals surface area contributed by atoms with Gasteiger partial charge >= 0.3 is 0 Å². The van der Waals surface area contributed by atoms with Gasteiger partial charge in [0.25, 0.3) is 5.70 Å². The van der Waals surface area contributed by atoms with E-state index < -0.39 is 10.3 Å². The predicted molar refractivity (Wildman–Crippen MR) is 118 cm³/mol. The largest absolute Gasteiger partial charge is 0.278 e. The third kappa shape index (κ3) is 3.80. The van der Waals surface area contributed by atoms with Crippen LogP contribution in [0, 0.1) is 59.9 Å². The molecule has 0 N–H and O–H groups in total. The van der Waals surface area contributed by atoms with Crippen LogP contribution in [0.3, 0.4) is 0 Å². The van der Waals surface area contributed by atoms with Crippen LogP contribution >= 0.6 is 45.3 Å². The summed E-state index contributed by atoms with van der Waals surface area (Å²) in [6.07, 6.45) is 2.14. The predicted octanol–water partition coefficient (Wildman–Crippen LogP) is 4.37. The number of hydrogen-bond donors (Lipinski definition) is 0. The zero-order chi connectivity index (χ0) is 22.8. The van der Waals surface area contributed by atoms with Crippen LogP contribution in [0.4, 0.5) is 8.78 Å². The lowest BCUT2D eigenvalue weighted by Crippen LogP contribution is -1.94. The summed E-state index contributed by atoms with van der Waals surface area (Å²) in [4.78, 5) is 11.4. The Morgan fingerprint density at radius 2 is 1.31 bits per heavy atom. The molecule has 0 aromatic carbocycles. The maximum atomic E-state index is 13.7. The van der Waals surface area contributed by atoms with Gasteiger partial charge < -0.3 is 0 Å². The van der Waals surface area contributed by atoms with Gasteiger partial charge in [0.1, 0.15) is 27.7 Å². The van der Waals surface area contributed by atoms with E-state index in [1.54, 1.807) is 12.1 Å². The Bertz CT molecular complexity index is 1600. The Balaban J connectivity index is 2.29. The van der Waals surface area contributed by atoms with Gasteiger partial charge in [-0.25, -0.2) is 20.1 Å². The third-order valence-corrected chi connectivity index (χ3v) is 8.10. The summed E-state index contributed by atoms with van der Waals surface area (Å²) in [5, 5.41) is 27.6. The maximum Gasteiger partial charge on any atom is 0.278 e. The highest BCUT2D eigenvalue weighted by Gasteiger charge is 2.16. The van der Waals surface area contributed by atoms with Crippen LogP contribution in [-0.4, -0.2) is 9.97 Å². The van der Waals surface area contributed by atoms with Gasteiger partial charge in [0.05, 0.1) is 38.6 Å². The summed E-state index contributed by atoms with van der Waals surface area (Å²) in [7, 11) is 0. The van der Waals surface area contributed by atoms with Gasteiger partial charge in [-0.05, 0) is 12.1 Å². The van der Waals surface area contributed by atoms with Gasteiger partial charge in [0.2, 0.25) is 0 Å². The lowest BCUT2D eigenvalue weighted by atomic mass is 10.2. The Morgan fingerprint density at radius 1 is 0.812 bits per heavy atom. The van der Waals surface area contributed by atoms with Crippen molar-refractivity contribution >= 4 is 56.6 Å². The summed E-state index contributed by atoms with van der Waals surface area (Å²) in [6.45, 7) is 7.26. The number of hydrogen-bond acceptors (Lipinski definition) is 9. The molecule has 0 aliphatic heterocycles. The zero-order valence-electron chi connectivity index (χ0n) is 15.4. The van der Waals surface area contributed by atoms with Crippen LogP contribution in [0.15, 0.2) is 24.5 Å². The average Bonchev–Trinajstić information content (AvgIpc) is 3.56. The van der Waals surface area contributed by atoms with E-state index >= 15 is 0 Å². The molecule has 152 valence electrons. The first kappa shape index (κ1) is 21.5. The molecule has 12 heteroatoms. The van der Waals surface area contributed by atoms with Gasteiger partial charge in [-0.15, -0.1) is 22.7 Å². The van der Waals surface area contributed by atoms with Crippen LogP contribution in [0.1, 0.15) is 0 Å². The van der Waals surface area contributed by atoms with Gasteiger partial charge in [0.15, 0.2) is 10.3 Å². The first-order valence-electron chi connectivity index (χ1n) is 8.32. The smallest absolute Gasteiger partial charge is 0.241 e. The van der Waals surface area contributed by atoms with Crippen molar-refractivity contribution in [2.75, 3.05) is 0 Å². The van der Waals surface area contributed by atoms with E-state index in [4.69, 9.17) is 6.57 Å². The number of thiophene rings is 2. The van der Waals surface area contributed by atoms with Crippen molar-refractivity contribution < 1.29 is 8.78 Å². The van der Waals surface area contributed by atoms with E-state index in [9.17, 15) is 24.6 Å². The first-order chi connectivity index (χ1) is 15.5. The minimum atomic E-state index is -0.509. The number of rotatable bonds is 2. The minimum absolute atomic E-state index is 0.122. The molecule has 32 heavy (non-hydrogen) atoms. The van der Waals surface area contributed by atoms with Crippen molar-refractivity contribution in [2.24, 2.45) is 0 Å². The van der Waals surface area contributed by atoms with E-state index in [1.807, 2.05) is 18.2 Å². The Kier molecular flexibility index (Phi) is 5.87. The van der Waals surface area contributed by atoms with Crippen LogP contribution in [0.5, 0.6) is 0 Å². The highest BCUT2D eigenvalue weighted by Crippen LogP contribution is 2.32. The summed E-state index contributed by atoms with van der Waals surface area (Å²) < 4.78 is 29.3. The topological polar surface area (TPSA) is 102 Å². The second-order valence-corrected chi connectivity index (χ2v) is 9.88. The van der Waals surface area contributed by atoms with Crippen molar-refractivity contribution in [2.45, 2.75) is 0 Å². The average molecular weight is 495 g/mol. The van der Waals surface area contributed by atoms with Crippen molar-refractivity contribution in [1.82, 2.24) is 9.97 Å². The van der Waals surface area contributed by atoms with Gasteiger partial charge in [-0.1, -0.05) is 22.7 Å². The highest BCUT2D eigenvalue weighted by molar-refractivity contribution is 7.15. The van der Waals surface area contributed by atoms with Crippen LogP contribution in [0.2, 0.25) is 0 Å². The maximum absolute atomic E-state index is 13.7. The van der Waals surface area contributed by atoms with E-state index in [2.05, 4.69) is 14.8 Å². The van der Waals surface area contributed by atoms with Crippen LogP contribution in [0.25, 0.3) is 37.3 Å². The molecule has 0 spiro atoms. The number of halogens is 2. The molecular formula is C20H4F2N6S4. The lowest BCUT2D eigenvalue weighted by molar-refractivity contribution is 0.653. The van der Waals surface area contributed by atoms with E-state index in [0.29, 0.717) is 39.3 Å². The van der Waals surface area contributed by atoms with E-state index in [-0.39, 0.29) is 11.3 Å². The summed E-state index contributed by atoms with van der Waals surface area (Å²) >= 11 is 3.83. The molecule has 4 aromatic heterocycles. The van der Waals surface area contributed by atoms with Crippen molar-refractivity contribution in [1.29, 1.82) is 15.8 Å². The fourth-order valence-corrected chi connectivity index (χ4v) is 6.53. The molecule has 0 bridgehead atoms. The van der Waals surface area contributed by atoms with Crippen LogP contribution < -0.4 is 9.06 Å². The fourth-order valence-electron chi connectivity index (χ4n) is 2.71. The summed E-state index contributed by atoms with van der Waals surface area (Å²) in [5.74, 6) is 0. The Labute approximate surface area is 194 Å². The molecule has 6 nitrogen and oxygen atoms in total. The molecule has 0 radical (unpaired) electrons. The molecular weight excluding hydrogens is 491 g/mol. The molecule has 0 saturated carbocycles. The molecule has 4 rings (SSSR count). The molecule has 0 aliphatic carbocycles. The molecule has 4 aromatic rings. The van der Waals surface area contributed by atoms with Gasteiger partial charge in [-0.2, -0.15) is 19.3 Å². The standard InChI is InChI=1S/C20H4F2N6S4/c1-26-12(6-25)14-3-11(20-28-8-16(22)32-20)18(30-14)17-10(19-27-7-15(21)31-19)2-13(29-17)9(4-23)5-24/h2-3,7-8H/b14-12+,18-17+. The molecule has 0 fully saturated rings. The molecule has 4 heterocycles. The Morgan fingerprint density at radius 3 is 1.72 bits per heavy atom. The Hall–Kier alpha value is -3.78. The summed E-state index contributed by atoms with van der Waals surface area (Å²) in [5.41, 5.74) is 0.704. The normalized spacial score (nSPS) is 12.3. The molecule has 0 amide bonds. The van der Waals surface area contributed by atoms with Crippen LogP contribution in [-0.2, 0) is 0 Å². The van der Waals surface area contributed by atoms with Gasteiger partial charge in [0, 0.05) is 15.7 Å². The lowest BCUT2D eigenvalue weighted by Gasteiger charge is -1.92. The third-order valence-electron chi connectivity index (χ3n) is 4.01. The second kappa shape index (κ2) is 8.76. The van der Waals surface area contributed by atoms with E-state index in [0.717, 1.165) is 57.7 Å². The van der Waals surface area contributed by atoms with Crippen molar-refractivity contribution in [3.63, 3.8) is 0 Å². The van der Waals surface area contributed by atoms with Crippen molar-refractivity contribution in [3.05, 3.63) is 64.3 Å². The molecule has 0 unspecified atom stereocenters. The number of nitriles is 3. The zero-order valence-corrected chi connectivity index (χ0v) is 18.6.